The van der Waals surface area contributed by atoms with Gasteiger partial charge in [0.15, 0.2) is 0 Å². The van der Waals surface area contributed by atoms with Crippen molar-refractivity contribution in [3.63, 3.8) is 0 Å². The first-order valence-electron chi connectivity index (χ1n) is 4.64. The first-order valence-corrected chi connectivity index (χ1v) is 5.43. The maximum Gasteiger partial charge on any atom is 0.0866 e. The van der Waals surface area contributed by atoms with Crippen molar-refractivity contribution in [2.24, 2.45) is 5.73 Å². The maximum atomic E-state index is 9.60. The fourth-order valence-electron chi connectivity index (χ4n) is 1.76. The van der Waals surface area contributed by atoms with Crippen molar-refractivity contribution in [1.29, 1.82) is 0 Å². The summed E-state index contributed by atoms with van der Waals surface area (Å²) >= 11 is 3.42. The number of rotatable bonds is 2. The Balaban J connectivity index is 0.00000112. The lowest BCUT2D eigenvalue weighted by atomic mass is 10.1. The molecule has 3 nitrogen and oxygen atoms in total. The van der Waals surface area contributed by atoms with Gasteiger partial charge in [0.05, 0.1) is 12.1 Å². The summed E-state index contributed by atoms with van der Waals surface area (Å²) in [4.78, 5) is 0. The second-order valence-electron chi connectivity index (χ2n) is 3.56. The van der Waals surface area contributed by atoms with E-state index in [-0.39, 0.29) is 18.4 Å². The molecule has 4 N–H and O–H groups in total. The summed E-state index contributed by atoms with van der Waals surface area (Å²) in [5.74, 6) is 0. The van der Waals surface area contributed by atoms with Gasteiger partial charge in [-0.1, -0.05) is 15.9 Å². The quantitative estimate of drug-likeness (QED) is 0.775. The van der Waals surface area contributed by atoms with Gasteiger partial charge in [-0.05, 0) is 30.2 Å². The monoisotopic (exact) mass is 292 g/mol. The molecule has 0 saturated carbocycles. The Morgan fingerprint density at radius 1 is 1.60 bits per heavy atom. The standard InChI is InChI=1S/C10H13BrN2O.ClH/c11-7-1-2-8-6(3-7)4-9(13-8)10(14)5-12;/h1-3,9-10,13-14H,4-5,12H2;1H/t9?,10-;/m0./s1. The third-order valence-corrected chi connectivity index (χ3v) is 3.05. The number of nitrogens with two attached hydrogens (primary N) is 1. The van der Waals surface area contributed by atoms with Gasteiger partial charge >= 0.3 is 0 Å². The Hall–Kier alpha value is -0.290. The van der Waals surface area contributed by atoms with Gasteiger partial charge in [0.2, 0.25) is 0 Å². The van der Waals surface area contributed by atoms with Crippen LogP contribution in [0, 0.1) is 0 Å². The molecule has 1 aromatic carbocycles. The predicted octanol–water partition coefficient (Wildman–Crippen LogP) is 1.53. The third kappa shape index (κ3) is 2.64. The molecule has 0 bridgehead atoms. The van der Waals surface area contributed by atoms with Gasteiger partial charge in [0.1, 0.15) is 0 Å². The van der Waals surface area contributed by atoms with Crippen LogP contribution in [0.25, 0.3) is 0 Å². The van der Waals surface area contributed by atoms with Crippen LogP contribution in [-0.4, -0.2) is 23.8 Å². The van der Waals surface area contributed by atoms with Crippen LogP contribution < -0.4 is 11.1 Å². The number of anilines is 1. The highest BCUT2D eigenvalue weighted by Crippen LogP contribution is 2.29. The van der Waals surface area contributed by atoms with E-state index in [1.54, 1.807) is 0 Å². The number of fused-ring (bicyclic) bond motifs is 1. The van der Waals surface area contributed by atoms with Gasteiger partial charge in [-0.25, -0.2) is 0 Å². The summed E-state index contributed by atoms with van der Waals surface area (Å²) in [6.07, 6.45) is 0.369. The van der Waals surface area contributed by atoms with Crippen molar-refractivity contribution in [2.75, 3.05) is 11.9 Å². The highest BCUT2D eigenvalue weighted by Gasteiger charge is 2.25. The molecular weight excluding hydrogens is 279 g/mol. The zero-order chi connectivity index (χ0) is 10.1. The molecule has 1 aliphatic rings. The van der Waals surface area contributed by atoms with E-state index >= 15 is 0 Å². The lowest BCUT2D eigenvalue weighted by Crippen LogP contribution is -2.37. The van der Waals surface area contributed by atoms with Gasteiger partial charge in [-0.15, -0.1) is 12.4 Å². The number of hydrogen-bond donors (Lipinski definition) is 3. The summed E-state index contributed by atoms with van der Waals surface area (Å²) in [6.45, 7) is 0.298. The minimum atomic E-state index is -0.471. The topological polar surface area (TPSA) is 58.3 Å². The molecule has 0 aromatic heterocycles. The molecule has 15 heavy (non-hydrogen) atoms. The fourth-order valence-corrected chi connectivity index (χ4v) is 2.16. The van der Waals surface area contributed by atoms with Crippen LogP contribution in [0.5, 0.6) is 0 Å². The molecule has 5 heteroatoms. The van der Waals surface area contributed by atoms with E-state index in [1.165, 1.54) is 5.56 Å². The van der Waals surface area contributed by atoms with Gasteiger partial charge in [0, 0.05) is 16.7 Å². The van der Waals surface area contributed by atoms with E-state index < -0.39 is 6.10 Å². The van der Waals surface area contributed by atoms with E-state index in [9.17, 15) is 5.11 Å². The van der Waals surface area contributed by atoms with Crippen LogP contribution in [0.1, 0.15) is 5.56 Å². The summed E-state index contributed by atoms with van der Waals surface area (Å²) in [5, 5.41) is 12.9. The molecular formula is C10H14BrClN2O. The Kier molecular flexibility index (Phi) is 4.40. The Labute approximate surface area is 104 Å². The predicted molar refractivity (Wildman–Crippen MR) is 67.6 cm³/mol. The zero-order valence-corrected chi connectivity index (χ0v) is 10.5. The first kappa shape index (κ1) is 12.8. The van der Waals surface area contributed by atoms with Crippen molar-refractivity contribution in [2.45, 2.75) is 18.6 Å². The molecule has 0 radical (unpaired) electrons. The molecule has 2 rings (SSSR count). The zero-order valence-electron chi connectivity index (χ0n) is 8.11. The molecule has 1 heterocycles. The van der Waals surface area contributed by atoms with Crippen LogP contribution >= 0.6 is 28.3 Å². The second-order valence-corrected chi connectivity index (χ2v) is 4.48. The smallest absolute Gasteiger partial charge is 0.0866 e. The average molecular weight is 294 g/mol. The lowest BCUT2D eigenvalue weighted by molar-refractivity contribution is 0.162. The first-order chi connectivity index (χ1) is 6.70. The van der Waals surface area contributed by atoms with E-state index in [1.807, 2.05) is 12.1 Å². The number of benzene rings is 1. The summed E-state index contributed by atoms with van der Waals surface area (Å²) in [5.41, 5.74) is 7.75. The summed E-state index contributed by atoms with van der Waals surface area (Å²) < 4.78 is 1.07. The molecule has 0 aliphatic carbocycles. The van der Waals surface area contributed by atoms with E-state index in [4.69, 9.17) is 5.73 Å². The number of aliphatic hydroxyl groups is 1. The van der Waals surface area contributed by atoms with Crippen molar-refractivity contribution in [3.05, 3.63) is 28.2 Å². The number of aliphatic hydroxyl groups excluding tert-OH is 1. The van der Waals surface area contributed by atoms with Crippen LogP contribution in [0.4, 0.5) is 5.69 Å². The molecule has 1 aromatic rings. The number of halogens is 2. The Morgan fingerprint density at radius 3 is 3.00 bits per heavy atom. The molecule has 84 valence electrons. The van der Waals surface area contributed by atoms with Gasteiger partial charge < -0.3 is 16.2 Å². The molecule has 0 saturated heterocycles. The molecule has 1 aliphatic heterocycles. The maximum absolute atomic E-state index is 9.60. The lowest BCUT2D eigenvalue weighted by Gasteiger charge is -2.16. The normalized spacial score (nSPS) is 20.1. The summed E-state index contributed by atoms with van der Waals surface area (Å²) in [6, 6.07) is 6.14. The second kappa shape index (κ2) is 5.16. The third-order valence-electron chi connectivity index (χ3n) is 2.55. The van der Waals surface area contributed by atoms with E-state index in [2.05, 4.69) is 27.3 Å². The van der Waals surface area contributed by atoms with E-state index in [0.29, 0.717) is 6.54 Å². The Morgan fingerprint density at radius 2 is 2.33 bits per heavy atom. The molecule has 0 fully saturated rings. The minimum Gasteiger partial charge on any atom is -0.390 e. The highest BCUT2D eigenvalue weighted by molar-refractivity contribution is 9.10. The molecule has 1 unspecified atom stereocenters. The summed E-state index contributed by atoms with van der Waals surface area (Å²) in [7, 11) is 0. The van der Waals surface area contributed by atoms with Gasteiger partial charge in [0.25, 0.3) is 0 Å². The molecule has 0 spiro atoms. The van der Waals surface area contributed by atoms with Crippen molar-refractivity contribution in [1.82, 2.24) is 0 Å². The largest absolute Gasteiger partial charge is 0.390 e. The van der Waals surface area contributed by atoms with Crippen LogP contribution in [0.2, 0.25) is 0 Å². The highest BCUT2D eigenvalue weighted by atomic mass is 79.9. The average Bonchev–Trinajstić information content (AvgIpc) is 2.59. The minimum absolute atomic E-state index is 0. The van der Waals surface area contributed by atoms with Gasteiger partial charge in [-0.3, -0.25) is 0 Å². The SMILES string of the molecule is Cl.NC[C@H](O)C1Cc2cc(Br)ccc2N1. The van der Waals surface area contributed by atoms with Crippen molar-refractivity contribution < 1.29 is 5.11 Å². The van der Waals surface area contributed by atoms with Crippen molar-refractivity contribution in [3.8, 4) is 0 Å². The molecule has 0 amide bonds. The van der Waals surface area contributed by atoms with Crippen molar-refractivity contribution >= 4 is 34.0 Å². The fraction of sp³-hybridized carbons (Fsp3) is 0.400. The van der Waals surface area contributed by atoms with Gasteiger partial charge in [-0.2, -0.15) is 0 Å². The Bertz CT molecular complexity index is 348. The van der Waals surface area contributed by atoms with Crippen LogP contribution in [0.3, 0.4) is 0 Å². The number of hydrogen-bond acceptors (Lipinski definition) is 3. The molecule has 2 atom stereocenters. The van der Waals surface area contributed by atoms with Crippen LogP contribution in [-0.2, 0) is 6.42 Å². The van der Waals surface area contributed by atoms with Crippen LogP contribution in [0.15, 0.2) is 22.7 Å². The number of nitrogens with one attached hydrogen (secondary N) is 1. The van der Waals surface area contributed by atoms with E-state index in [0.717, 1.165) is 16.6 Å².